The Morgan fingerprint density at radius 1 is 0.903 bits per heavy atom. The van der Waals surface area contributed by atoms with Gasteiger partial charge in [-0.3, -0.25) is 0 Å². The van der Waals surface area contributed by atoms with Crippen LogP contribution < -0.4 is 9.88 Å². The van der Waals surface area contributed by atoms with Crippen molar-refractivity contribution < 1.29 is 9.30 Å². The maximum Gasteiger partial charge on any atom is 0.252 e. The zero-order valence-electron chi connectivity index (χ0n) is 19.1. The predicted octanol–water partition coefficient (Wildman–Crippen LogP) is 6.29. The highest BCUT2D eigenvalue weighted by atomic mass is 16.5. The molecule has 0 aliphatic heterocycles. The summed E-state index contributed by atoms with van der Waals surface area (Å²) in [4.78, 5) is 4.44. The van der Waals surface area contributed by atoms with Crippen LogP contribution >= 0.6 is 0 Å². The van der Waals surface area contributed by atoms with Gasteiger partial charge in [-0.15, -0.1) is 0 Å². The van der Waals surface area contributed by atoms with Crippen molar-refractivity contribution in [2.24, 2.45) is 0 Å². The van der Waals surface area contributed by atoms with E-state index < -0.39 is 0 Å². The topological polar surface area (TPSA) is 43.0 Å². The molecule has 0 aliphatic carbocycles. The van der Waals surface area contributed by atoms with Crippen LogP contribution in [0.25, 0.3) is 11.0 Å². The second kappa shape index (κ2) is 13.8. The Balaban J connectivity index is 1.27. The quantitative estimate of drug-likeness (QED) is 0.217. The molecule has 31 heavy (non-hydrogen) atoms. The summed E-state index contributed by atoms with van der Waals surface area (Å²) in [5.74, 6) is 0. The van der Waals surface area contributed by atoms with Crippen molar-refractivity contribution in [3.05, 3.63) is 55.1 Å². The Morgan fingerprint density at radius 2 is 1.65 bits per heavy atom. The fourth-order valence-corrected chi connectivity index (χ4v) is 3.88. The molecular formula is C26H39N4O+. The number of nitrogens with zero attached hydrogens (tertiary/aromatic N) is 3. The average molecular weight is 424 g/mol. The molecule has 0 aliphatic rings. The number of para-hydroxylation sites is 2. The third kappa shape index (κ3) is 8.33. The number of unbranched alkanes of at least 4 members (excludes halogenated alkanes) is 9. The SMILES string of the molecule is CCCCCCCCCCCCOC[n+]1cccc(NCn2cnc3ccccc32)c1. The number of rotatable bonds is 16. The van der Waals surface area contributed by atoms with Crippen molar-refractivity contribution >= 4 is 16.7 Å². The van der Waals surface area contributed by atoms with Crippen LogP contribution in [-0.2, 0) is 18.1 Å². The molecule has 1 N–H and O–H groups in total. The maximum absolute atomic E-state index is 5.87. The Kier molecular flexibility index (Phi) is 10.4. The number of pyridine rings is 1. The predicted molar refractivity (Wildman–Crippen MR) is 128 cm³/mol. The third-order valence-electron chi connectivity index (χ3n) is 5.72. The molecule has 2 heterocycles. The summed E-state index contributed by atoms with van der Waals surface area (Å²) >= 11 is 0. The van der Waals surface area contributed by atoms with Crippen molar-refractivity contribution in [3.8, 4) is 0 Å². The lowest BCUT2D eigenvalue weighted by molar-refractivity contribution is -0.732. The van der Waals surface area contributed by atoms with Crippen LogP contribution in [0.2, 0.25) is 0 Å². The molecule has 0 radical (unpaired) electrons. The van der Waals surface area contributed by atoms with E-state index in [4.69, 9.17) is 4.74 Å². The minimum atomic E-state index is 0.598. The number of ether oxygens (including phenoxy) is 1. The lowest BCUT2D eigenvalue weighted by Gasteiger charge is -2.08. The molecule has 5 heteroatoms. The normalized spacial score (nSPS) is 11.3. The minimum absolute atomic E-state index is 0.598. The van der Waals surface area contributed by atoms with Gasteiger partial charge < -0.3 is 14.6 Å². The molecule has 0 saturated heterocycles. The van der Waals surface area contributed by atoms with Gasteiger partial charge >= 0.3 is 0 Å². The Morgan fingerprint density at radius 3 is 2.45 bits per heavy atom. The number of aromatic nitrogens is 3. The molecule has 0 spiro atoms. The van der Waals surface area contributed by atoms with Crippen LogP contribution in [0.4, 0.5) is 5.69 Å². The van der Waals surface area contributed by atoms with Crippen LogP contribution in [0, 0.1) is 0 Å². The van der Waals surface area contributed by atoms with Gasteiger partial charge in [0.25, 0.3) is 6.73 Å². The molecule has 0 saturated carbocycles. The standard InChI is InChI=1S/C26H39N4O/c1-2-3-4-5-6-7-8-9-10-13-19-31-23-29-18-14-15-24(20-29)27-21-30-22-28-25-16-11-12-17-26(25)30/h11-12,14-18,20,22,27H,2-10,13,19,21,23H2,1H3/q+1. The summed E-state index contributed by atoms with van der Waals surface area (Å²) in [5, 5.41) is 3.47. The summed E-state index contributed by atoms with van der Waals surface area (Å²) < 4.78 is 10.1. The van der Waals surface area contributed by atoms with E-state index in [-0.39, 0.29) is 0 Å². The number of hydrogen-bond donors (Lipinski definition) is 1. The summed E-state index contributed by atoms with van der Waals surface area (Å²) in [6, 6.07) is 12.3. The molecule has 3 rings (SSSR count). The van der Waals surface area contributed by atoms with E-state index in [1.807, 2.05) is 24.5 Å². The molecule has 3 aromatic rings. The molecular weight excluding hydrogens is 384 g/mol. The van der Waals surface area contributed by atoms with Crippen molar-refractivity contribution in [2.75, 3.05) is 11.9 Å². The smallest absolute Gasteiger partial charge is 0.252 e. The highest BCUT2D eigenvalue weighted by molar-refractivity contribution is 5.75. The molecule has 5 nitrogen and oxygen atoms in total. The summed E-state index contributed by atoms with van der Waals surface area (Å²) in [5.41, 5.74) is 3.23. The van der Waals surface area contributed by atoms with Gasteiger partial charge in [-0.05, 0) is 24.6 Å². The highest BCUT2D eigenvalue weighted by Gasteiger charge is 2.05. The minimum Gasteiger partial charge on any atom is -0.363 e. The molecule has 2 aromatic heterocycles. The zero-order valence-corrected chi connectivity index (χ0v) is 19.1. The Bertz CT molecular complexity index is 876. The first kappa shape index (κ1) is 23.3. The summed E-state index contributed by atoms with van der Waals surface area (Å²) in [6.07, 6.45) is 19.6. The van der Waals surface area contributed by atoms with Crippen molar-refractivity contribution in [2.45, 2.75) is 84.5 Å². The van der Waals surface area contributed by atoms with Gasteiger partial charge in [0.05, 0.1) is 30.6 Å². The van der Waals surface area contributed by atoms with E-state index in [2.05, 4.69) is 57.0 Å². The lowest BCUT2D eigenvalue weighted by Crippen LogP contribution is -2.34. The monoisotopic (exact) mass is 423 g/mol. The van der Waals surface area contributed by atoms with Crippen LogP contribution in [0.1, 0.15) is 71.1 Å². The Hall–Kier alpha value is -2.40. The van der Waals surface area contributed by atoms with Crippen LogP contribution in [0.5, 0.6) is 0 Å². The number of fused-ring (bicyclic) bond motifs is 1. The number of nitrogens with one attached hydrogen (secondary N) is 1. The number of benzene rings is 1. The summed E-state index contributed by atoms with van der Waals surface area (Å²) in [7, 11) is 0. The molecule has 0 bridgehead atoms. The molecule has 0 atom stereocenters. The van der Waals surface area contributed by atoms with Crippen molar-refractivity contribution in [3.63, 3.8) is 0 Å². The average Bonchev–Trinajstić information content (AvgIpc) is 3.22. The largest absolute Gasteiger partial charge is 0.363 e. The maximum atomic E-state index is 5.87. The van der Waals surface area contributed by atoms with E-state index in [0.717, 1.165) is 29.7 Å². The molecule has 0 fully saturated rings. The fourth-order valence-electron chi connectivity index (χ4n) is 3.88. The first-order valence-electron chi connectivity index (χ1n) is 12.1. The fraction of sp³-hybridized carbons (Fsp3) is 0.538. The van der Waals surface area contributed by atoms with Crippen LogP contribution in [0.15, 0.2) is 55.1 Å². The van der Waals surface area contributed by atoms with Gasteiger partial charge in [0.2, 0.25) is 0 Å². The number of hydrogen-bond acceptors (Lipinski definition) is 3. The summed E-state index contributed by atoms with van der Waals surface area (Å²) in [6.45, 7) is 4.39. The Labute approximate surface area is 187 Å². The molecule has 0 unspecified atom stereocenters. The van der Waals surface area contributed by atoms with Crippen molar-refractivity contribution in [1.82, 2.24) is 9.55 Å². The van der Waals surface area contributed by atoms with Gasteiger partial charge in [0.15, 0.2) is 12.4 Å². The molecule has 1 aromatic carbocycles. The first-order chi connectivity index (χ1) is 15.4. The number of imidazole rings is 1. The first-order valence-corrected chi connectivity index (χ1v) is 12.1. The van der Waals surface area contributed by atoms with Crippen molar-refractivity contribution in [1.29, 1.82) is 0 Å². The van der Waals surface area contributed by atoms with E-state index in [1.54, 1.807) is 0 Å². The van der Waals surface area contributed by atoms with Gasteiger partial charge in [-0.25, -0.2) is 4.98 Å². The van der Waals surface area contributed by atoms with Gasteiger partial charge in [0, 0.05) is 6.07 Å². The molecule has 168 valence electrons. The van der Waals surface area contributed by atoms with E-state index in [1.165, 1.54) is 57.8 Å². The van der Waals surface area contributed by atoms with E-state index in [0.29, 0.717) is 13.4 Å². The second-order valence-corrected chi connectivity index (χ2v) is 8.36. The molecule has 0 amide bonds. The third-order valence-corrected chi connectivity index (χ3v) is 5.72. The van der Waals surface area contributed by atoms with Crippen LogP contribution in [0.3, 0.4) is 0 Å². The van der Waals surface area contributed by atoms with Gasteiger partial charge in [0.1, 0.15) is 5.69 Å². The van der Waals surface area contributed by atoms with Crippen LogP contribution in [-0.4, -0.2) is 16.2 Å². The van der Waals surface area contributed by atoms with Gasteiger partial charge in [-0.1, -0.05) is 76.8 Å². The zero-order chi connectivity index (χ0) is 21.6. The second-order valence-electron chi connectivity index (χ2n) is 8.36. The lowest BCUT2D eigenvalue weighted by atomic mass is 10.1. The number of anilines is 1. The van der Waals surface area contributed by atoms with E-state index >= 15 is 0 Å². The highest BCUT2D eigenvalue weighted by Crippen LogP contribution is 2.13. The van der Waals surface area contributed by atoms with Gasteiger partial charge in [-0.2, -0.15) is 4.57 Å². The van der Waals surface area contributed by atoms with E-state index in [9.17, 15) is 0 Å².